The Hall–Kier alpha value is -1.87. The van der Waals surface area contributed by atoms with Crippen molar-refractivity contribution in [3.8, 4) is 0 Å². The molecule has 2 unspecified atom stereocenters. The largest absolute Gasteiger partial charge is 0.467 e. The molecular formula is C17H29N3O6. The summed E-state index contributed by atoms with van der Waals surface area (Å²) in [5.41, 5.74) is -0.358. The quantitative estimate of drug-likeness (QED) is 0.589. The summed E-state index contributed by atoms with van der Waals surface area (Å²) in [6, 6.07) is -2.44. The highest BCUT2D eigenvalue weighted by Gasteiger charge is 2.52. The molecular weight excluding hydrogens is 342 g/mol. The Morgan fingerprint density at radius 2 is 1.96 bits per heavy atom. The number of aliphatic hydroxyl groups is 1. The molecule has 2 rings (SSSR count). The third kappa shape index (κ3) is 3.93. The number of ether oxygens (including phenoxy) is 1. The first kappa shape index (κ1) is 20.4. The molecule has 0 bridgehead atoms. The molecule has 2 aliphatic rings. The van der Waals surface area contributed by atoms with E-state index in [1.807, 2.05) is 20.8 Å². The van der Waals surface area contributed by atoms with Gasteiger partial charge in [0.1, 0.15) is 6.04 Å². The molecule has 0 spiro atoms. The Labute approximate surface area is 153 Å². The number of carbonyl (C=O) groups is 3. The molecule has 2 saturated heterocycles. The van der Waals surface area contributed by atoms with Crippen molar-refractivity contribution in [2.24, 2.45) is 5.41 Å². The van der Waals surface area contributed by atoms with Gasteiger partial charge in [-0.3, -0.25) is 14.6 Å². The van der Waals surface area contributed by atoms with Crippen molar-refractivity contribution in [3.05, 3.63) is 0 Å². The average Bonchev–Trinajstić information content (AvgIpc) is 3.03. The maximum absolute atomic E-state index is 12.8. The van der Waals surface area contributed by atoms with E-state index in [-0.39, 0.29) is 24.0 Å². The number of carboxylic acid groups (broad SMARTS) is 1. The Morgan fingerprint density at radius 3 is 2.46 bits per heavy atom. The van der Waals surface area contributed by atoms with Crippen LogP contribution < -0.4 is 5.32 Å². The summed E-state index contributed by atoms with van der Waals surface area (Å²) in [5, 5.41) is 21.6. The van der Waals surface area contributed by atoms with E-state index in [0.29, 0.717) is 0 Å². The molecule has 2 heterocycles. The number of amides is 2. The molecule has 0 aliphatic carbocycles. The normalized spacial score (nSPS) is 27.6. The molecule has 2 fully saturated rings. The van der Waals surface area contributed by atoms with Gasteiger partial charge in [0.15, 0.2) is 6.04 Å². The van der Waals surface area contributed by atoms with Crippen molar-refractivity contribution in [1.29, 1.82) is 0 Å². The van der Waals surface area contributed by atoms with Crippen molar-refractivity contribution >= 4 is 18.0 Å². The van der Waals surface area contributed by atoms with Gasteiger partial charge in [0.25, 0.3) is 0 Å². The Balaban J connectivity index is 2.31. The number of methoxy groups -OCH3 is 1. The molecule has 2 amide bonds. The molecule has 0 saturated carbocycles. The van der Waals surface area contributed by atoms with Gasteiger partial charge >= 0.3 is 12.1 Å². The van der Waals surface area contributed by atoms with E-state index >= 15 is 0 Å². The van der Waals surface area contributed by atoms with Crippen molar-refractivity contribution in [1.82, 2.24) is 15.1 Å². The van der Waals surface area contributed by atoms with Gasteiger partial charge in [0, 0.05) is 12.6 Å². The molecule has 4 atom stereocenters. The van der Waals surface area contributed by atoms with E-state index in [9.17, 15) is 24.6 Å². The standard InChI is InChI=1S/C17H29N3O6/c1-17(2,3)13-11-6-5-7-19(11)8-12(20(13)16(24)25)14(22)18-10(9-21)15(23)26-4/h10-13,21H,5-9H2,1-4H3,(H,18,22)(H,24,25)/t10?,11-,12+,13?/m1/s1. The van der Waals surface area contributed by atoms with Crippen LogP contribution >= 0.6 is 0 Å². The maximum atomic E-state index is 12.8. The third-order valence-electron chi connectivity index (χ3n) is 5.22. The highest BCUT2D eigenvalue weighted by molar-refractivity contribution is 5.90. The fourth-order valence-corrected chi connectivity index (χ4v) is 4.17. The number of nitrogens with zero attached hydrogens (tertiary/aromatic N) is 2. The number of nitrogens with one attached hydrogen (secondary N) is 1. The summed E-state index contributed by atoms with van der Waals surface area (Å²) in [4.78, 5) is 39.9. The number of rotatable bonds is 4. The minimum Gasteiger partial charge on any atom is -0.467 e. The van der Waals surface area contributed by atoms with Crippen LogP contribution in [0.5, 0.6) is 0 Å². The highest BCUT2D eigenvalue weighted by atomic mass is 16.5. The number of fused-ring (bicyclic) bond motifs is 1. The first-order valence-electron chi connectivity index (χ1n) is 8.86. The van der Waals surface area contributed by atoms with Crippen LogP contribution in [-0.4, -0.2) is 89.0 Å². The van der Waals surface area contributed by atoms with Crippen molar-refractivity contribution < 1.29 is 29.3 Å². The van der Waals surface area contributed by atoms with E-state index in [4.69, 9.17) is 0 Å². The molecule has 2 aliphatic heterocycles. The first-order valence-corrected chi connectivity index (χ1v) is 8.86. The fourth-order valence-electron chi connectivity index (χ4n) is 4.17. The molecule has 26 heavy (non-hydrogen) atoms. The topological polar surface area (TPSA) is 119 Å². The monoisotopic (exact) mass is 371 g/mol. The molecule has 0 radical (unpaired) electrons. The van der Waals surface area contributed by atoms with Crippen LogP contribution in [0.4, 0.5) is 4.79 Å². The van der Waals surface area contributed by atoms with Gasteiger partial charge in [-0.25, -0.2) is 9.59 Å². The van der Waals surface area contributed by atoms with Crippen LogP contribution in [0.15, 0.2) is 0 Å². The lowest BCUT2D eigenvalue weighted by molar-refractivity contribution is -0.148. The number of esters is 1. The third-order valence-corrected chi connectivity index (χ3v) is 5.22. The van der Waals surface area contributed by atoms with Gasteiger partial charge in [-0.1, -0.05) is 20.8 Å². The first-order chi connectivity index (χ1) is 12.1. The SMILES string of the molecule is COC(=O)C(CO)NC(=O)[C@@H]1CN2CCC[C@@H]2C(C(C)(C)C)N1C(=O)O. The summed E-state index contributed by atoms with van der Waals surface area (Å²) in [7, 11) is 1.16. The lowest BCUT2D eigenvalue weighted by Crippen LogP contribution is -2.70. The summed E-state index contributed by atoms with van der Waals surface area (Å²) in [6.07, 6.45) is 0.692. The second-order valence-corrected chi connectivity index (χ2v) is 7.99. The Morgan fingerprint density at radius 1 is 1.31 bits per heavy atom. The fraction of sp³-hybridized carbons (Fsp3) is 0.824. The number of piperazine rings is 1. The summed E-state index contributed by atoms with van der Waals surface area (Å²) in [5.74, 6) is -1.37. The van der Waals surface area contributed by atoms with Crippen LogP contribution in [0.2, 0.25) is 0 Å². The van der Waals surface area contributed by atoms with Crippen LogP contribution in [0.1, 0.15) is 33.6 Å². The zero-order valence-electron chi connectivity index (χ0n) is 15.8. The number of carbonyl (C=O) groups excluding carboxylic acids is 2. The van der Waals surface area contributed by atoms with Gasteiger partial charge < -0.3 is 20.3 Å². The molecule has 0 aromatic heterocycles. The highest BCUT2D eigenvalue weighted by Crippen LogP contribution is 2.38. The average molecular weight is 371 g/mol. The van der Waals surface area contributed by atoms with Crippen LogP contribution in [0.3, 0.4) is 0 Å². The minimum absolute atomic E-state index is 0.0735. The Kier molecular flexibility index (Phi) is 6.13. The minimum atomic E-state index is -1.22. The molecule has 0 aromatic rings. The van der Waals surface area contributed by atoms with Crippen molar-refractivity contribution in [2.45, 2.75) is 57.8 Å². The molecule has 3 N–H and O–H groups in total. The van der Waals surface area contributed by atoms with Crippen molar-refractivity contribution in [3.63, 3.8) is 0 Å². The molecule has 9 heteroatoms. The van der Waals surface area contributed by atoms with E-state index in [1.54, 1.807) is 0 Å². The summed E-state index contributed by atoms with van der Waals surface area (Å²) >= 11 is 0. The van der Waals surface area contributed by atoms with E-state index in [1.165, 1.54) is 4.90 Å². The van der Waals surface area contributed by atoms with E-state index in [2.05, 4.69) is 15.0 Å². The Bertz CT molecular complexity index is 561. The summed E-state index contributed by atoms with van der Waals surface area (Å²) in [6.45, 7) is 6.37. The molecule has 148 valence electrons. The van der Waals surface area contributed by atoms with Gasteiger partial charge in [-0.2, -0.15) is 0 Å². The van der Waals surface area contributed by atoms with E-state index in [0.717, 1.165) is 26.5 Å². The second-order valence-electron chi connectivity index (χ2n) is 7.99. The molecule has 9 nitrogen and oxygen atoms in total. The second kappa shape index (κ2) is 7.79. The van der Waals surface area contributed by atoms with Crippen LogP contribution in [-0.2, 0) is 14.3 Å². The predicted octanol–water partition coefficient (Wildman–Crippen LogP) is -0.122. The number of hydrogen-bond acceptors (Lipinski definition) is 6. The van der Waals surface area contributed by atoms with Crippen molar-refractivity contribution in [2.75, 3.05) is 26.8 Å². The predicted molar refractivity (Wildman–Crippen MR) is 92.5 cm³/mol. The lowest BCUT2D eigenvalue weighted by Gasteiger charge is -2.52. The van der Waals surface area contributed by atoms with Gasteiger partial charge in [-0.15, -0.1) is 0 Å². The smallest absolute Gasteiger partial charge is 0.408 e. The lowest BCUT2D eigenvalue weighted by atomic mass is 9.78. The van der Waals surface area contributed by atoms with E-state index < -0.39 is 36.7 Å². The zero-order valence-corrected chi connectivity index (χ0v) is 15.8. The number of hydrogen-bond donors (Lipinski definition) is 3. The number of aliphatic hydroxyl groups excluding tert-OH is 1. The maximum Gasteiger partial charge on any atom is 0.408 e. The summed E-state index contributed by atoms with van der Waals surface area (Å²) < 4.78 is 4.56. The van der Waals surface area contributed by atoms with Gasteiger partial charge in [0.2, 0.25) is 5.91 Å². The zero-order chi connectivity index (χ0) is 19.6. The van der Waals surface area contributed by atoms with Gasteiger partial charge in [0.05, 0.1) is 19.8 Å². The van der Waals surface area contributed by atoms with Gasteiger partial charge in [-0.05, 0) is 24.8 Å². The molecule has 0 aromatic carbocycles. The van der Waals surface area contributed by atoms with Crippen LogP contribution in [0, 0.1) is 5.41 Å². The van der Waals surface area contributed by atoms with Crippen LogP contribution in [0.25, 0.3) is 0 Å².